The molecule has 1 aliphatic rings. The van der Waals surface area contributed by atoms with Gasteiger partial charge in [-0.3, -0.25) is 9.59 Å². The van der Waals surface area contributed by atoms with Crippen LogP contribution in [0.4, 0.5) is 0 Å². The largest absolute Gasteiger partial charge is 0.389 e. The van der Waals surface area contributed by atoms with Crippen LogP contribution in [0.1, 0.15) is 26.7 Å². The lowest BCUT2D eigenvalue weighted by molar-refractivity contribution is -0.136. The molecule has 14 heavy (non-hydrogen) atoms. The Kier molecular flexibility index (Phi) is 2.80. The normalized spacial score (nSPS) is 22.9. The van der Waals surface area contributed by atoms with Crippen LogP contribution in [0.25, 0.3) is 0 Å². The Labute approximate surface area is 82.9 Å². The second-order valence-electron chi connectivity index (χ2n) is 4.29. The van der Waals surface area contributed by atoms with Gasteiger partial charge in [-0.15, -0.1) is 0 Å². The molecule has 0 aliphatic carbocycles. The van der Waals surface area contributed by atoms with Crippen molar-refractivity contribution in [3.05, 3.63) is 0 Å². The lowest BCUT2D eigenvalue weighted by Crippen LogP contribution is -2.48. The molecule has 1 unspecified atom stereocenters. The number of nitrogens with two attached hydrogens (primary N) is 1. The van der Waals surface area contributed by atoms with Crippen LogP contribution in [0.15, 0.2) is 0 Å². The van der Waals surface area contributed by atoms with E-state index in [9.17, 15) is 14.7 Å². The van der Waals surface area contributed by atoms with Gasteiger partial charge in [0, 0.05) is 13.0 Å². The van der Waals surface area contributed by atoms with Crippen LogP contribution >= 0.6 is 0 Å². The van der Waals surface area contributed by atoms with E-state index in [0.29, 0.717) is 12.8 Å². The fourth-order valence-electron chi connectivity index (χ4n) is 1.64. The van der Waals surface area contributed by atoms with Gasteiger partial charge in [0.1, 0.15) is 6.04 Å². The Morgan fingerprint density at radius 1 is 1.71 bits per heavy atom. The van der Waals surface area contributed by atoms with E-state index in [1.165, 1.54) is 4.90 Å². The topological polar surface area (TPSA) is 83.6 Å². The number of hydrogen-bond acceptors (Lipinski definition) is 3. The zero-order chi connectivity index (χ0) is 10.9. The van der Waals surface area contributed by atoms with Crippen LogP contribution in [0, 0.1) is 0 Å². The maximum Gasteiger partial charge on any atom is 0.240 e. The summed E-state index contributed by atoms with van der Waals surface area (Å²) in [6, 6.07) is -0.547. The molecule has 0 aromatic heterocycles. The second-order valence-corrected chi connectivity index (χ2v) is 4.29. The number of amides is 2. The molecule has 1 saturated heterocycles. The SMILES string of the molecule is CC(C)(O)CN1C(=O)CCC1C(N)=O. The van der Waals surface area contributed by atoms with Gasteiger partial charge in [-0.05, 0) is 20.3 Å². The summed E-state index contributed by atoms with van der Waals surface area (Å²) in [6.07, 6.45) is 0.800. The molecule has 0 aromatic rings. The molecule has 5 nitrogen and oxygen atoms in total. The van der Waals surface area contributed by atoms with E-state index in [0.717, 1.165) is 0 Å². The first-order valence-corrected chi connectivity index (χ1v) is 4.62. The van der Waals surface area contributed by atoms with Crippen LogP contribution in [0.2, 0.25) is 0 Å². The lowest BCUT2D eigenvalue weighted by atomic mass is 10.1. The van der Waals surface area contributed by atoms with Gasteiger partial charge in [-0.2, -0.15) is 0 Å². The summed E-state index contributed by atoms with van der Waals surface area (Å²) in [5.41, 5.74) is 4.16. The second kappa shape index (κ2) is 3.57. The van der Waals surface area contributed by atoms with Crippen molar-refractivity contribution >= 4 is 11.8 Å². The number of β-amino-alcohol motifs (C(OH)–C–C–N with tert-alkyl or cyclic N) is 1. The third kappa shape index (κ3) is 2.45. The fraction of sp³-hybridized carbons (Fsp3) is 0.778. The van der Waals surface area contributed by atoms with E-state index < -0.39 is 17.6 Å². The summed E-state index contributed by atoms with van der Waals surface area (Å²) >= 11 is 0. The Balaban J connectivity index is 2.72. The van der Waals surface area contributed by atoms with Crippen molar-refractivity contribution in [2.24, 2.45) is 5.73 Å². The van der Waals surface area contributed by atoms with Gasteiger partial charge < -0.3 is 15.7 Å². The molecule has 1 aliphatic heterocycles. The lowest BCUT2D eigenvalue weighted by Gasteiger charge is -2.28. The number of nitrogens with zero attached hydrogens (tertiary/aromatic N) is 1. The number of primary amides is 1. The Hall–Kier alpha value is -1.10. The predicted molar refractivity (Wildman–Crippen MR) is 50.2 cm³/mol. The van der Waals surface area contributed by atoms with Gasteiger partial charge in [0.2, 0.25) is 11.8 Å². The van der Waals surface area contributed by atoms with Gasteiger partial charge in [0.15, 0.2) is 0 Å². The Morgan fingerprint density at radius 3 is 2.71 bits per heavy atom. The monoisotopic (exact) mass is 200 g/mol. The molecule has 2 amide bonds. The van der Waals surface area contributed by atoms with Gasteiger partial charge in [-0.1, -0.05) is 0 Å². The van der Waals surface area contributed by atoms with Crippen molar-refractivity contribution in [1.29, 1.82) is 0 Å². The molecule has 3 N–H and O–H groups in total. The van der Waals surface area contributed by atoms with E-state index in [4.69, 9.17) is 5.73 Å². The van der Waals surface area contributed by atoms with Crippen LogP contribution in [-0.2, 0) is 9.59 Å². The molecule has 5 heteroatoms. The maximum atomic E-state index is 11.4. The number of likely N-dealkylation sites (tertiary alicyclic amines) is 1. The molecular formula is C9H16N2O3. The van der Waals surface area contributed by atoms with Gasteiger partial charge in [0.05, 0.1) is 5.60 Å². The molecule has 0 bridgehead atoms. The molecule has 80 valence electrons. The molecule has 1 fully saturated rings. The first-order chi connectivity index (χ1) is 6.31. The van der Waals surface area contributed by atoms with Crippen molar-refractivity contribution in [3.8, 4) is 0 Å². The minimum atomic E-state index is -0.992. The minimum absolute atomic E-state index is 0.115. The first kappa shape index (κ1) is 11.0. The molecule has 1 atom stereocenters. The molecule has 1 heterocycles. The summed E-state index contributed by atoms with van der Waals surface area (Å²) in [5.74, 6) is -0.615. The predicted octanol–water partition coefficient (Wildman–Crippen LogP) is -0.766. The smallest absolute Gasteiger partial charge is 0.240 e. The van der Waals surface area contributed by atoms with Crippen LogP contribution in [0.5, 0.6) is 0 Å². The standard InChI is InChI=1S/C9H16N2O3/c1-9(2,14)5-11-6(8(10)13)3-4-7(11)12/h6,14H,3-5H2,1-2H3,(H2,10,13). The first-order valence-electron chi connectivity index (χ1n) is 4.62. The van der Waals surface area contributed by atoms with Crippen molar-refractivity contribution in [3.63, 3.8) is 0 Å². The zero-order valence-electron chi connectivity index (χ0n) is 8.49. The van der Waals surface area contributed by atoms with Gasteiger partial charge >= 0.3 is 0 Å². The van der Waals surface area contributed by atoms with Crippen LogP contribution in [0.3, 0.4) is 0 Å². The highest BCUT2D eigenvalue weighted by molar-refractivity contribution is 5.90. The van der Waals surface area contributed by atoms with E-state index in [2.05, 4.69) is 0 Å². The van der Waals surface area contributed by atoms with Gasteiger partial charge in [0.25, 0.3) is 0 Å². The summed E-state index contributed by atoms with van der Waals surface area (Å²) in [5, 5.41) is 9.55. The highest BCUT2D eigenvalue weighted by Crippen LogP contribution is 2.20. The Bertz CT molecular complexity index is 257. The molecule has 0 saturated carbocycles. The van der Waals surface area contributed by atoms with E-state index in [1.807, 2.05) is 0 Å². The fourth-order valence-corrected chi connectivity index (χ4v) is 1.64. The van der Waals surface area contributed by atoms with E-state index in [-0.39, 0.29) is 12.5 Å². The summed E-state index contributed by atoms with van der Waals surface area (Å²) in [7, 11) is 0. The number of hydrogen-bond donors (Lipinski definition) is 2. The number of rotatable bonds is 3. The maximum absolute atomic E-state index is 11.4. The van der Waals surface area contributed by atoms with E-state index in [1.54, 1.807) is 13.8 Å². The third-order valence-electron chi connectivity index (χ3n) is 2.21. The summed E-state index contributed by atoms with van der Waals surface area (Å²) in [6.45, 7) is 3.34. The number of aliphatic hydroxyl groups is 1. The van der Waals surface area contributed by atoms with E-state index >= 15 is 0 Å². The zero-order valence-corrected chi connectivity index (χ0v) is 8.49. The third-order valence-corrected chi connectivity index (χ3v) is 2.21. The van der Waals surface area contributed by atoms with Crippen LogP contribution < -0.4 is 5.73 Å². The van der Waals surface area contributed by atoms with Crippen molar-refractivity contribution in [2.75, 3.05) is 6.54 Å². The summed E-state index contributed by atoms with van der Waals surface area (Å²) < 4.78 is 0. The molecule has 0 spiro atoms. The molecule has 0 radical (unpaired) electrons. The van der Waals surface area contributed by atoms with Crippen molar-refractivity contribution in [1.82, 2.24) is 4.90 Å². The van der Waals surface area contributed by atoms with Crippen LogP contribution in [-0.4, -0.2) is 40.0 Å². The average Bonchev–Trinajstić information content (AvgIpc) is 2.29. The highest BCUT2D eigenvalue weighted by Gasteiger charge is 2.37. The highest BCUT2D eigenvalue weighted by atomic mass is 16.3. The minimum Gasteiger partial charge on any atom is -0.389 e. The number of carbonyl (C=O) groups excluding carboxylic acids is 2. The molecular weight excluding hydrogens is 184 g/mol. The van der Waals surface area contributed by atoms with Crippen molar-refractivity contribution < 1.29 is 14.7 Å². The molecule has 1 rings (SSSR count). The van der Waals surface area contributed by atoms with Crippen molar-refractivity contribution in [2.45, 2.75) is 38.3 Å². The average molecular weight is 200 g/mol. The van der Waals surface area contributed by atoms with Gasteiger partial charge in [-0.25, -0.2) is 0 Å². The molecule has 0 aromatic carbocycles. The Morgan fingerprint density at radius 2 is 2.29 bits per heavy atom. The summed E-state index contributed by atoms with van der Waals surface area (Å²) in [4.78, 5) is 23.7. The quantitative estimate of drug-likeness (QED) is 0.627. The number of carbonyl (C=O) groups is 2.